The molecular weight excluding hydrogens is 157 g/mol. The van der Waals surface area contributed by atoms with Crippen molar-refractivity contribution in [2.24, 2.45) is 5.92 Å². The minimum absolute atomic E-state index is 0.139. The Morgan fingerprint density at radius 3 is 1.91 bits per heavy atom. The molecule has 0 amide bonds. The van der Waals surface area contributed by atoms with Gasteiger partial charge >= 0.3 is 6.18 Å². The molecule has 68 valence electrons. The zero-order chi connectivity index (χ0) is 9.07. The van der Waals surface area contributed by atoms with Crippen molar-refractivity contribution in [3.05, 3.63) is 0 Å². The van der Waals surface area contributed by atoms with E-state index in [0.29, 0.717) is 0 Å². The lowest BCUT2D eigenvalue weighted by Gasteiger charge is -2.17. The van der Waals surface area contributed by atoms with Gasteiger partial charge in [0.05, 0.1) is 0 Å². The first kappa shape index (κ1) is 10.8. The van der Waals surface area contributed by atoms with Crippen LogP contribution in [0.4, 0.5) is 13.2 Å². The maximum atomic E-state index is 11.8. The van der Waals surface area contributed by atoms with Crippen molar-refractivity contribution in [3.8, 4) is 0 Å². The molecule has 0 aromatic rings. The molecule has 0 aliphatic heterocycles. The predicted octanol–water partition coefficient (Wildman–Crippen LogP) is 2.61. The highest BCUT2D eigenvalue weighted by Crippen LogP contribution is 2.22. The van der Waals surface area contributed by atoms with E-state index in [9.17, 15) is 13.2 Å². The van der Waals surface area contributed by atoms with Crippen molar-refractivity contribution in [2.45, 2.75) is 33.1 Å². The maximum Gasteiger partial charge on any atom is 0.414 e. The molecule has 0 aromatic heterocycles. The van der Waals surface area contributed by atoms with E-state index in [1.807, 2.05) is 13.8 Å². The van der Waals surface area contributed by atoms with Crippen LogP contribution in [0.1, 0.15) is 20.8 Å². The Morgan fingerprint density at radius 1 is 1.18 bits per heavy atom. The third-order valence-electron chi connectivity index (χ3n) is 1.14. The van der Waals surface area contributed by atoms with Gasteiger partial charge in [-0.15, -0.1) is 0 Å². The summed E-state index contributed by atoms with van der Waals surface area (Å²) in [6.07, 6.45) is -5.88. The molecule has 4 heteroatoms. The van der Waals surface area contributed by atoms with Crippen LogP contribution in [0, 0.1) is 5.92 Å². The Kier molecular flexibility index (Phi) is 3.86. The fourth-order valence-electron chi connectivity index (χ4n) is 0.431. The number of alkyl halides is 3. The average Bonchev–Trinajstić information content (AvgIpc) is 1.80. The zero-order valence-electron chi connectivity index (χ0n) is 6.90. The number of ether oxygens (including phenoxy) is 1. The SMILES string of the molecule is CC(C)CO[C@H](C)C(F)(F)F. The summed E-state index contributed by atoms with van der Waals surface area (Å²) in [5.41, 5.74) is 0. The summed E-state index contributed by atoms with van der Waals surface area (Å²) in [6, 6.07) is 0. The molecule has 0 N–H and O–H groups in total. The Balaban J connectivity index is 3.61. The molecule has 11 heavy (non-hydrogen) atoms. The van der Waals surface area contributed by atoms with Gasteiger partial charge in [0.15, 0.2) is 6.10 Å². The van der Waals surface area contributed by atoms with Crippen LogP contribution in [0.2, 0.25) is 0 Å². The van der Waals surface area contributed by atoms with Gasteiger partial charge in [-0.2, -0.15) is 13.2 Å². The van der Waals surface area contributed by atoms with Gasteiger partial charge in [0.1, 0.15) is 0 Å². The van der Waals surface area contributed by atoms with Crippen LogP contribution in [-0.2, 0) is 4.74 Å². The molecule has 0 fully saturated rings. The van der Waals surface area contributed by atoms with E-state index in [1.54, 1.807) is 0 Å². The Morgan fingerprint density at radius 2 is 1.64 bits per heavy atom. The van der Waals surface area contributed by atoms with Crippen LogP contribution in [-0.4, -0.2) is 18.9 Å². The molecule has 0 heterocycles. The molecule has 0 bridgehead atoms. The molecule has 0 radical (unpaired) electrons. The van der Waals surface area contributed by atoms with E-state index >= 15 is 0 Å². The fourth-order valence-corrected chi connectivity index (χ4v) is 0.431. The summed E-state index contributed by atoms with van der Waals surface area (Å²) in [6.45, 7) is 4.79. The van der Waals surface area contributed by atoms with E-state index < -0.39 is 12.3 Å². The highest BCUT2D eigenvalue weighted by molar-refractivity contribution is 4.60. The second kappa shape index (κ2) is 3.95. The van der Waals surface area contributed by atoms with Gasteiger partial charge in [0, 0.05) is 6.61 Å². The molecule has 0 rings (SSSR count). The standard InChI is InChI=1S/C7H13F3O/c1-5(2)4-11-6(3)7(8,9)10/h5-6H,4H2,1-3H3/t6-/m1/s1. The summed E-state index contributed by atoms with van der Waals surface area (Å²) >= 11 is 0. The van der Waals surface area contributed by atoms with E-state index in [2.05, 4.69) is 4.74 Å². The van der Waals surface area contributed by atoms with E-state index in [4.69, 9.17) is 0 Å². The van der Waals surface area contributed by atoms with E-state index in [1.165, 1.54) is 0 Å². The van der Waals surface area contributed by atoms with Crippen molar-refractivity contribution < 1.29 is 17.9 Å². The summed E-state index contributed by atoms with van der Waals surface area (Å²) in [7, 11) is 0. The first-order valence-corrected chi connectivity index (χ1v) is 3.52. The lowest BCUT2D eigenvalue weighted by Crippen LogP contribution is -2.29. The van der Waals surface area contributed by atoms with Gasteiger partial charge in [0.2, 0.25) is 0 Å². The lowest BCUT2D eigenvalue weighted by molar-refractivity contribution is -0.216. The van der Waals surface area contributed by atoms with Crippen molar-refractivity contribution in [1.82, 2.24) is 0 Å². The van der Waals surface area contributed by atoms with Gasteiger partial charge in [-0.25, -0.2) is 0 Å². The van der Waals surface area contributed by atoms with Crippen LogP contribution in [0.25, 0.3) is 0 Å². The number of rotatable bonds is 3. The van der Waals surface area contributed by atoms with Gasteiger partial charge in [-0.1, -0.05) is 13.8 Å². The van der Waals surface area contributed by atoms with Gasteiger partial charge in [-0.3, -0.25) is 0 Å². The third kappa shape index (κ3) is 5.07. The molecule has 0 saturated heterocycles. The first-order chi connectivity index (χ1) is 4.84. The number of halogens is 3. The van der Waals surface area contributed by atoms with Crippen molar-refractivity contribution in [1.29, 1.82) is 0 Å². The van der Waals surface area contributed by atoms with Crippen LogP contribution in [0.3, 0.4) is 0 Å². The van der Waals surface area contributed by atoms with Crippen molar-refractivity contribution in [3.63, 3.8) is 0 Å². The smallest absolute Gasteiger partial charge is 0.369 e. The minimum Gasteiger partial charge on any atom is -0.369 e. The zero-order valence-corrected chi connectivity index (χ0v) is 6.90. The monoisotopic (exact) mass is 170 g/mol. The lowest BCUT2D eigenvalue weighted by atomic mass is 10.2. The van der Waals surface area contributed by atoms with Crippen molar-refractivity contribution >= 4 is 0 Å². The second-order valence-electron chi connectivity index (χ2n) is 2.91. The minimum atomic E-state index is -4.23. The van der Waals surface area contributed by atoms with E-state index in [-0.39, 0.29) is 12.5 Å². The highest BCUT2D eigenvalue weighted by Gasteiger charge is 2.36. The number of hydrogen-bond acceptors (Lipinski definition) is 1. The van der Waals surface area contributed by atoms with Crippen LogP contribution in [0.5, 0.6) is 0 Å². The molecule has 0 spiro atoms. The Labute approximate surface area is 64.5 Å². The van der Waals surface area contributed by atoms with E-state index in [0.717, 1.165) is 6.92 Å². The Hall–Kier alpha value is -0.250. The normalized spacial score (nSPS) is 15.5. The largest absolute Gasteiger partial charge is 0.414 e. The summed E-state index contributed by atoms with van der Waals surface area (Å²) in [4.78, 5) is 0. The molecule has 0 aliphatic carbocycles. The van der Waals surface area contributed by atoms with Crippen LogP contribution in [0.15, 0.2) is 0 Å². The topological polar surface area (TPSA) is 9.23 Å². The van der Waals surface area contributed by atoms with Gasteiger partial charge < -0.3 is 4.74 Å². The predicted molar refractivity (Wildman–Crippen MR) is 36.3 cm³/mol. The van der Waals surface area contributed by atoms with Crippen molar-refractivity contribution in [2.75, 3.05) is 6.61 Å². The maximum absolute atomic E-state index is 11.8. The molecular formula is C7H13F3O. The summed E-state index contributed by atoms with van der Waals surface area (Å²) in [5.74, 6) is 0.139. The molecule has 0 aromatic carbocycles. The number of hydrogen-bond donors (Lipinski definition) is 0. The highest BCUT2D eigenvalue weighted by atomic mass is 19.4. The molecule has 0 unspecified atom stereocenters. The molecule has 0 aliphatic rings. The quantitative estimate of drug-likeness (QED) is 0.632. The van der Waals surface area contributed by atoms with Gasteiger partial charge in [-0.05, 0) is 12.8 Å². The first-order valence-electron chi connectivity index (χ1n) is 3.52. The molecule has 1 nitrogen and oxygen atoms in total. The van der Waals surface area contributed by atoms with Crippen LogP contribution >= 0.6 is 0 Å². The Bertz CT molecular complexity index is 109. The van der Waals surface area contributed by atoms with Gasteiger partial charge in [0.25, 0.3) is 0 Å². The summed E-state index contributed by atoms with van der Waals surface area (Å²) < 4.78 is 39.9. The second-order valence-corrected chi connectivity index (χ2v) is 2.91. The molecule has 0 saturated carbocycles. The summed E-state index contributed by atoms with van der Waals surface area (Å²) in [5, 5.41) is 0. The third-order valence-corrected chi connectivity index (χ3v) is 1.14. The fraction of sp³-hybridized carbons (Fsp3) is 1.00. The average molecular weight is 170 g/mol. The molecule has 1 atom stereocenters. The van der Waals surface area contributed by atoms with Crippen LogP contribution < -0.4 is 0 Å².